The third-order valence-electron chi connectivity index (χ3n) is 1.66. The van der Waals surface area contributed by atoms with E-state index in [0.717, 1.165) is 4.90 Å². The van der Waals surface area contributed by atoms with E-state index in [4.69, 9.17) is 5.11 Å². The molecule has 0 aromatic carbocycles. The first-order valence-electron chi connectivity index (χ1n) is 4.13. The van der Waals surface area contributed by atoms with E-state index in [1.807, 2.05) is 6.92 Å². The van der Waals surface area contributed by atoms with E-state index in [1.54, 1.807) is 24.5 Å². The monoisotopic (exact) mass is 199 g/mol. The Bertz CT molecular complexity index is 243. The van der Waals surface area contributed by atoms with Gasteiger partial charge in [0.15, 0.2) is 4.90 Å². The van der Waals surface area contributed by atoms with Gasteiger partial charge in [0.1, 0.15) is 5.75 Å². The summed E-state index contributed by atoms with van der Waals surface area (Å²) in [5, 5.41) is 8.78. The van der Waals surface area contributed by atoms with Crippen molar-refractivity contribution >= 4 is 11.2 Å². The molecule has 0 radical (unpaired) electrons. The lowest BCUT2D eigenvalue weighted by Crippen LogP contribution is -2.16. The quantitative estimate of drug-likeness (QED) is 0.730. The molecule has 1 rings (SSSR count). The fourth-order valence-corrected chi connectivity index (χ4v) is 2.14. The van der Waals surface area contributed by atoms with E-state index < -0.39 is 11.2 Å². The first-order valence-corrected chi connectivity index (χ1v) is 5.45. The molecule has 0 spiro atoms. The van der Waals surface area contributed by atoms with Crippen LogP contribution in [0.4, 0.5) is 0 Å². The molecule has 0 aliphatic rings. The van der Waals surface area contributed by atoms with E-state index in [9.17, 15) is 4.55 Å². The minimum absolute atomic E-state index is 0.0778. The average Bonchev–Trinajstić information content (AvgIpc) is 2.19. The summed E-state index contributed by atoms with van der Waals surface area (Å²) < 4.78 is 11.6. The maximum atomic E-state index is 11.6. The van der Waals surface area contributed by atoms with Gasteiger partial charge < -0.3 is 9.66 Å². The normalized spacial score (nSPS) is 15.3. The molecule has 4 heteroatoms. The zero-order valence-electron chi connectivity index (χ0n) is 7.51. The molecule has 0 aliphatic heterocycles. The van der Waals surface area contributed by atoms with Crippen LogP contribution >= 0.6 is 0 Å². The van der Waals surface area contributed by atoms with Crippen LogP contribution in [0, 0.1) is 5.92 Å². The van der Waals surface area contributed by atoms with Crippen molar-refractivity contribution < 1.29 is 9.66 Å². The number of aliphatic hydroxyl groups is 1. The molecule has 0 saturated heterocycles. The van der Waals surface area contributed by atoms with Crippen LogP contribution in [0.2, 0.25) is 0 Å². The van der Waals surface area contributed by atoms with Crippen LogP contribution in [0.15, 0.2) is 29.4 Å². The first kappa shape index (κ1) is 10.5. The highest BCUT2D eigenvalue weighted by Crippen LogP contribution is 2.12. The summed E-state index contributed by atoms with van der Waals surface area (Å²) in [6.07, 6.45) is 3.24. The second-order valence-electron chi connectivity index (χ2n) is 2.98. The Balaban J connectivity index is 2.53. The molecule has 3 nitrogen and oxygen atoms in total. The number of pyridine rings is 1. The molecule has 0 amide bonds. The van der Waals surface area contributed by atoms with Gasteiger partial charge in [-0.1, -0.05) is 6.92 Å². The van der Waals surface area contributed by atoms with Crippen molar-refractivity contribution in [3.8, 4) is 0 Å². The third-order valence-corrected chi connectivity index (χ3v) is 3.33. The Morgan fingerprint density at radius 2 is 2.15 bits per heavy atom. The molecule has 0 saturated carbocycles. The lowest BCUT2D eigenvalue weighted by atomic mass is 10.2. The number of aromatic nitrogens is 1. The molecule has 13 heavy (non-hydrogen) atoms. The second-order valence-corrected chi connectivity index (χ2v) is 4.48. The Kier molecular flexibility index (Phi) is 4.21. The standard InChI is InChI=1S/C9H13NO2S/c1-8(6-11)7-13(12)9-2-4-10-5-3-9/h2-5,8,11H,6-7H2,1H3. The predicted molar refractivity (Wildman–Crippen MR) is 51.8 cm³/mol. The lowest BCUT2D eigenvalue weighted by molar-refractivity contribution is 0.249. The maximum absolute atomic E-state index is 11.6. The molecule has 0 bridgehead atoms. The highest BCUT2D eigenvalue weighted by Gasteiger charge is 2.14. The summed E-state index contributed by atoms with van der Waals surface area (Å²) in [6.45, 7) is 1.95. The Morgan fingerprint density at radius 1 is 1.54 bits per heavy atom. The molecule has 1 heterocycles. The SMILES string of the molecule is CC(CO)C[S+]([O-])c1ccncc1. The number of nitrogens with zero attached hydrogens (tertiary/aromatic N) is 1. The van der Waals surface area contributed by atoms with Crippen LogP contribution in [0.25, 0.3) is 0 Å². The highest BCUT2D eigenvalue weighted by molar-refractivity contribution is 7.91. The number of hydrogen-bond acceptors (Lipinski definition) is 3. The highest BCUT2D eigenvalue weighted by atomic mass is 32.2. The largest absolute Gasteiger partial charge is 0.611 e. The Labute approximate surface area is 81.0 Å². The molecule has 1 N–H and O–H groups in total. The Hall–Kier alpha value is -0.580. The van der Waals surface area contributed by atoms with Crippen molar-refractivity contribution in [3.05, 3.63) is 24.5 Å². The van der Waals surface area contributed by atoms with Gasteiger partial charge >= 0.3 is 0 Å². The van der Waals surface area contributed by atoms with Gasteiger partial charge in [0, 0.05) is 30.4 Å². The summed E-state index contributed by atoms with van der Waals surface area (Å²) >= 11 is -1.01. The minimum Gasteiger partial charge on any atom is -0.611 e. The van der Waals surface area contributed by atoms with Crippen molar-refractivity contribution in [2.45, 2.75) is 11.8 Å². The average molecular weight is 199 g/mol. The zero-order chi connectivity index (χ0) is 9.68. The molecule has 1 aromatic rings. The molecular weight excluding hydrogens is 186 g/mol. The van der Waals surface area contributed by atoms with Crippen LogP contribution in [0.3, 0.4) is 0 Å². The Morgan fingerprint density at radius 3 is 2.69 bits per heavy atom. The van der Waals surface area contributed by atoms with Crippen LogP contribution < -0.4 is 0 Å². The predicted octanol–water partition coefficient (Wildman–Crippen LogP) is 0.818. The maximum Gasteiger partial charge on any atom is 0.155 e. The summed E-state index contributed by atoms with van der Waals surface area (Å²) in [7, 11) is 0. The van der Waals surface area contributed by atoms with Gasteiger partial charge in [0.25, 0.3) is 0 Å². The first-order chi connectivity index (χ1) is 6.24. The van der Waals surface area contributed by atoms with Gasteiger partial charge in [-0.3, -0.25) is 4.98 Å². The fourth-order valence-electron chi connectivity index (χ4n) is 0.897. The van der Waals surface area contributed by atoms with Crippen LogP contribution in [-0.4, -0.2) is 27.0 Å². The number of rotatable bonds is 4. The van der Waals surface area contributed by atoms with E-state index in [-0.39, 0.29) is 12.5 Å². The van der Waals surface area contributed by atoms with Gasteiger partial charge in [-0.05, 0) is 11.2 Å². The van der Waals surface area contributed by atoms with Crippen LogP contribution in [0.1, 0.15) is 6.92 Å². The van der Waals surface area contributed by atoms with Crippen LogP contribution in [-0.2, 0) is 11.2 Å². The van der Waals surface area contributed by atoms with Gasteiger partial charge in [-0.15, -0.1) is 0 Å². The van der Waals surface area contributed by atoms with Gasteiger partial charge in [-0.2, -0.15) is 0 Å². The topological polar surface area (TPSA) is 56.2 Å². The number of aliphatic hydroxyl groups excluding tert-OH is 1. The minimum atomic E-state index is -1.01. The van der Waals surface area contributed by atoms with Crippen molar-refractivity contribution in [3.63, 3.8) is 0 Å². The van der Waals surface area contributed by atoms with E-state index in [1.165, 1.54) is 0 Å². The van der Waals surface area contributed by atoms with Gasteiger partial charge in [0.05, 0.1) is 6.61 Å². The van der Waals surface area contributed by atoms with E-state index in [2.05, 4.69) is 4.98 Å². The molecule has 2 unspecified atom stereocenters. The molecule has 1 aromatic heterocycles. The van der Waals surface area contributed by atoms with Crippen molar-refractivity contribution in [1.82, 2.24) is 4.98 Å². The fraction of sp³-hybridized carbons (Fsp3) is 0.444. The number of hydrogen-bond donors (Lipinski definition) is 1. The molecule has 0 fully saturated rings. The summed E-state index contributed by atoms with van der Waals surface area (Å²) in [5.41, 5.74) is 0. The van der Waals surface area contributed by atoms with E-state index in [0.29, 0.717) is 5.75 Å². The van der Waals surface area contributed by atoms with Crippen molar-refractivity contribution in [1.29, 1.82) is 0 Å². The van der Waals surface area contributed by atoms with Crippen LogP contribution in [0.5, 0.6) is 0 Å². The smallest absolute Gasteiger partial charge is 0.155 e. The summed E-state index contributed by atoms with van der Waals surface area (Å²) in [6, 6.07) is 3.47. The summed E-state index contributed by atoms with van der Waals surface area (Å²) in [4.78, 5) is 4.62. The van der Waals surface area contributed by atoms with Crippen molar-refractivity contribution in [2.24, 2.45) is 5.92 Å². The lowest BCUT2D eigenvalue weighted by Gasteiger charge is -2.13. The molecule has 0 aliphatic carbocycles. The molecule has 72 valence electrons. The van der Waals surface area contributed by atoms with Gasteiger partial charge in [0.2, 0.25) is 0 Å². The van der Waals surface area contributed by atoms with Crippen molar-refractivity contribution in [2.75, 3.05) is 12.4 Å². The summed E-state index contributed by atoms with van der Waals surface area (Å²) in [5.74, 6) is 0.578. The molecular formula is C9H13NO2S. The van der Waals surface area contributed by atoms with E-state index >= 15 is 0 Å². The second kappa shape index (κ2) is 5.21. The zero-order valence-corrected chi connectivity index (χ0v) is 8.33. The third kappa shape index (κ3) is 3.34. The van der Waals surface area contributed by atoms with Gasteiger partial charge in [-0.25, -0.2) is 0 Å². The molecule has 2 atom stereocenters.